The molecule has 5 nitrogen and oxygen atoms in total. The zero-order valence-corrected chi connectivity index (χ0v) is 26.6. The van der Waals surface area contributed by atoms with Crippen LogP contribution in [0.4, 0.5) is 0 Å². The van der Waals surface area contributed by atoms with Crippen molar-refractivity contribution < 1.29 is 0 Å². The van der Waals surface area contributed by atoms with Gasteiger partial charge < -0.3 is 25.3 Å². The number of nitrogens with one attached hydrogen (secondary N) is 2. The zero-order chi connectivity index (χ0) is 27.8. The summed E-state index contributed by atoms with van der Waals surface area (Å²) in [4.78, 5) is 10.2. The summed E-state index contributed by atoms with van der Waals surface area (Å²) in [6.07, 6.45) is 6.28. The van der Waals surface area contributed by atoms with Gasteiger partial charge in [-0.15, -0.1) is 23.5 Å². The van der Waals surface area contributed by atoms with Crippen LogP contribution in [0.5, 0.6) is 0 Å². The van der Waals surface area contributed by atoms with Gasteiger partial charge in [0.15, 0.2) is 0 Å². The summed E-state index contributed by atoms with van der Waals surface area (Å²) < 4.78 is 0. The van der Waals surface area contributed by atoms with Crippen LogP contribution < -0.4 is 10.6 Å². The standard InChI is InChI=1S/C32H55N5S2/c1-35(25-12-19-33-21-29-38-31-15-6-4-7-16-31)23-10-11-24-36(2)27-14-28-37(3)26-13-20-34-22-30-39-32-17-8-5-9-18-32/h4-9,15-18,33-34H,10-14,19-30H2,1-3H3. The highest BCUT2D eigenvalue weighted by molar-refractivity contribution is 7.99. The van der Waals surface area contributed by atoms with E-state index in [-0.39, 0.29) is 0 Å². The first-order valence-corrected chi connectivity index (χ1v) is 16.9. The first kappa shape index (κ1) is 34.1. The minimum Gasteiger partial charge on any atom is -0.316 e. The summed E-state index contributed by atoms with van der Waals surface area (Å²) in [5.41, 5.74) is 0. The van der Waals surface area contributed by atoms with Crippen LogP contribution in [-0.4, -0.2) is 113 Å². The highest BCUT2D eigenvalue weighted by Crippen LogP contribution is 2.16. The predicted molar refractivity (Wildman–Crippen MR) is 176 cm³/mol. The molecule has 0 unspecified atom stereocenters. The Balaban J connectivity index is 1.30. The molecular weight excluding hydrogens is 519 g/mol. The molecule has 0 fully saturated rings. The average Bonchev–Trinajstić information content (AvgIpc) is 2.95. The van der Waals surface area contributed by atoms with E-state index in [0.717, 1.165) is 37.7 Å². The van der Waals surface area contributed by atoms with Gasteiger partial charge >= 0.3 is 0 Å². The van der Waals surface area contributed by atoms with Crippen LogP contribution in [0.3, 0.4) is 0 Å². The van der Waals surface area contributed by atoms with Gasteiger partial charge in [-0.05, 0) is 130 Å². The van der Waals surface area contributed by atoms with Crippen LogP contribution in [-0.2, 0) is 0 Å². The molecule has 0 heterocycles. The maximum atomic E-state index is 3.59. The Morgan fingerprint density at radius 1 is 0.462 bits per heavy atom. The van der Waals surface area contributed by atoms with Crippen LogP contribution in [0.15, 0.2) is 70.5 Å². The quantitative estimate of drug-likeness (QED) is 0.120. The van der Waals surface area contributed by atoms with E-state index in [1.165, 1.54) is 81.2 Å². The monoisotopic (exact) mass is 573 g/mol. The summed E-state index contributed by atoms with van der Waals surface area (Å²) in [7, 11) is 6.81. The van der Waals surface area contributed by atoms with Crippen LogP contribution in [0.25, 0.3) is 0 Å². The van der Waals surface area contributed by atoms with E-state index in [9.17, 15) is 0 Å². The number of rotatable bonds is 25. The van der Waals surface area contributed by atoms with E-state index >= 15 is 0 Å². The van der Waals surface area contributed by atoms with Crippen molar-refractivity contribution in [1.29, 1.82) is 0 Å². The molecule has 0 amide bonds. The minimum absolute atomic E-state index is 1.08. The molecule has 2 rings (SSSR count). The maximum Gasteiger partial charge on any atom is 0.0106 e. The van der Waals surface area contributed by atoms with Crippen molar-refractivity contribution in [3.05, 3.63) is 60.7 Å². The van der Waals surface area contributed by atoms with E-state index in [1.54, 1.807) is 0 Å². The average molecular weight is 574 g/mol. The zero-order valence-electron chi connectivity index (χ0n) is 25.0. The lowest BCUT2D eigenvalue weighted by Gasteiger charge is -2.21. The van der Waals surface area contributed by atoms with Gasteiger partial charge in [-0.3, -0.25) is 0 Å². The topological polar surface area (TPSA) is 33.8 Å². The predicted octanol–water partition coefficient (Wildman–Crippen LogP) is 5.50. The molecule has 2 aromatic carbocycles. The van der Waals surface area contributed by atoms with Crippen molar-refractivity contribution in [2.75, 3.05) is 98.1 Å². The first-order valence-electron chi connectivity index (χ1n) is 15.0. The smallest absolute Gasteiger partial charge is 0.0106 e. The highest BCUT2D eigenvalue weighted by atomic mass is 32.2. The van der Waals surface area contributed by atoms with Gasteiger partial charge in [-0.1, -0.05) is 36.4 Å². The molecule has 39 heavy (non-hydrogen) atoms. The fraction of sp³-hybridized carbons (Fsp3) is 0.625. The molecule has 0 saturated heterocycles. The molecule has 0 radical (unpaired) electrons. The van der Waals surface area contributed by atoms with Crippen molar-refractivity contribution in [3.63, 3.8) is 0 Å². The van der Waals surface area contributed by atoms with Gasteiger partial charge in [0, 0.05) is 34.4 Å². The number of hydrogen-bond donors (Lipinski definition) is 2. The third-order valence-electron chi connectivity index (χ3n) is 6.78. The largest absolute Gasteiger partial charge is 0.316 e. The Kier molecular flexibility index (Phi) is 20.7. The second-order valence-corrected chi connectivity index (χ2v) is 12.8. The van der Waals surface area contributed by atoms with Gasteiger partial charge in [0.1, 0.15) is 0 Å². The Hall–Kier alpha value is -1.06. The van der Waals surface area contributed by atoms with Crippen LogP contribution in [0, 0.1) is 0 Å². The molecular formula is C32H55N5S2. The lowest BCUT2D eigenvalue weighted by Crippen LogP contribution is -2.29. The summed E-state index contributed by atoms with van der Waals surface area (Å²) in [5.74, 6) is 2.27. The number of benzene rings is 2. The number of thioether (sulfide) groups is 2. The summed E-state index contributed by atoms with van der Waals surface area (Å²) >= 11 is 3.86. The summed E-state index contributed by atoms with van der Waals surface area (Å²) in [5, 5.41) is 7.17. The Morgan fingerprint density at radius 2 is 0.821 bits per heavy atom. The van der Waals surface area contributed by atoms with E-state index in [1.807, 2.05) is 23.5 Å². The van der Waals surface area contributed by atoms with Crippen LogP contribution in [0.1, 0.15) is 32.1 Å². The summed E-state index contributed by atoms with van der Waals surface area (Å²) in [6.45, 7) is 11.6. The molecule has 0 aromatic heterocycles. The minimum atomic E-state index is 1.08. The van der Waals surface area contributed by atoms with E-state index in [2.05, 4.69) is 107 Å². The van der Waals surface area contributed by atoms with Crippen LogP contribution in [0.2, 0.25) is 0 Å². The lowest BCUT2D eigenvalue weighted by atomic mass is 10.2. The van der Waals surface area contributed by atoms with Crippen molar-refractivity contribution >= 4 is 23.5 Å². The van der Waals surface area contributed by atoms with E-state index < -0.39 is 0 Å². The van der Waals surface area contributed by atoms with Crippen molar-refractivity contribution in [2.45, 2.75) is 41.9 Å². The molecule has 0 aliphatic rings. The Morgan fingerprint density at radius 3 is 1.23 bits per heavy atom. The molecule has 0 bridgehead atoms. The lowest BCUT2D eigenvalue weighted by molar-refractivity contribution is 0.264. The number of hydrogen-bond acceptors (Lipinski definition) is 7. The van der Waals surface area contributed by atoms with Gasteiger partial charge in [0.2, 0.25) is 0 Å². The molecule has 0 spiro atoms. The molecule has 0 aliphatic heterocycles. The normalized spacial score (nSPS) is 11.7. The molecule has 2 aromatic rings. The second kappa shape index (κ2) is 23.6. The van der Waals surface area contributed by atoms with Gasteiger partial charge in [-0.2, -0.15) is 0 Å². The molecule has 7 heteroatoms. The van der Waals surface area contributed by atoms with E-state index in [4.69, 9.17) is 0 Å². The van der Waals surface area contributed by atoms with Gasteiger partial charge in [0.05, 0.1) is 0 Å². The number of unbranched alkanes of at least 4 members (excludes halogenated alkanes) is 1. The molecule has 0 aliphatic carbocycles. The van der Waals surface area contributed by atoms with Gasteiger partial charge in [-0.25, -0.2) is 0 Å². The Bertz CT molecular complexity index is 796. The summed E-state index contributed by atoms with van der Waals surface area (Å²) in [6, 6.07) is 21.3. The Labute approximate surface area is 248 Å². The molecule has 0 atom stereocenters. The number of nitrogens with zero attached hydrogens (tertiary/aromatic N) is 3. The maximum absolute atomic E-state index is 3.59. The van der Waals surface area contributed by atoms with Gasteiger partial charge in [0.25, 0.3) is 0 Å². The van der Waals surface area contributed by atoms with Crippen LogP contribution >= 0.6 is 23.5 Å². The molecule has 220 valence electrons. The molecule has 2 N–H and O–H groups in total. The second-order valence-electron chi connectivity index (χ2n) is 10.5. The van der Waals surface area contributed by atoms with E-state index in [0.29, 0.717) is 0 Å². The van der Waals surface area contributed by atoms with Crippen molar-refractivity contribution in [3.8, 4) is 0 Å². The third kappa shape index (κ3) is 19.6. The first-order chi connectivity index (χ1) is 19.1. The SMILES string of the molecule is CN(CCCCN(C)CCCN(C)CCCNCCSc1ccccc1)CCCNCCSc1ccccc1. The fourth-order valence-corrected chi connectivity index (χ4v) is 6.09. The third-order valence-corrected chi connectivity index (χ3v) is 8.81. The fourth-order valence-electron chi connectivity index (χ4n) is 4.42. The van der Waals surface area contributed by atoms with Crippen molar-refractivity contribution in [1.82, 2.24) is 25.3 Å². The highest BCUT2D eigenvalue weighted by Gasteiger charge is 2.03. The van der Waals surface area contributed by atoms with Crippen molar-refractivity contribution in [2.24, 2.45) is 0 Å². The molecule has 0 saturated carbocycles.